The van der Waals surface area contributed by atoms with Crippen LogP contribution in [0, 0.1) is 11.7 Å². The highest BCUT2D eigenvalue weighted by Gasteiger charge is 2.19. The van der Waals surface area contributed by atoms with E-state index in [1.807, 2.05) is 6.07 Å². The second-order valence-electron chi connectivity index (χ2n) is 5.13. The number of furan rings is 1. The Labute approximate surface area is 121 Å². The molecular weight excluding hydrogens is 309 g/mol. The average Bonchev–Trinajstić information content (AvgIpc) is 2.72. The van der Waals surface area contributed by atoms with Gasteiger partial charge in [0.1, 0.15) is 17.2 Å². The Hall–Kier alpha value is -0.870. The maximum atomic E-state index is 13.5. The van der Waals surface area contributed by atoms with Crippen LogP contribution in [0.25, 0.3) is 11.0 Å². The van der Waals surface area contributed by atoms with Crippen molar-refractivity contribution < 1.29 is 8.81 Å². The van der Waals surface area contributed by atoms with Crippen LogP contribution in [0.3, 0.4) is 0 Å². The molecule has 1 aromatic carbocycles. The Morgan fingerprint density at radius 1 is 1.32 bits per heavy atom. The number of rotatable bonds is 5. The van der Waals surface area contributed by atoms with Gasteiger partial charge in [-0.2, -0.15) is 0 Å². The number of halogens is 2. The van der Waals surface area contributed by atoms with Gasteiger partial charge in [-0.05, 0) is 46.9 Å². The highest BCUT2D eigenvalue weighted by Crippen LogP contribution is 2.31. The van der Waals surface area contributed by atoms with Crippen molar-refractivity contribution in [2.45, 2.75) is 33.2 Å². The highest BCUT2D eigenvalue weighted by molar-refractivity contribution is 9.10. The van der Waals surface area contributed by atoms with Crippen molar-refractivity contribution in [1.29, 1.82) is 0 Å². The number of benzene rings is 1. The molecule has 104 valence electrons. The van der Waals surface area contributed by atoms with Gasteiger partial charge >= 0.3 is 0 Å². The predicted molar refractivity (Wildman–Crippen MR) is 79.7 cm³/mol. The summed E-state index contributed by atoms with van der Waals surface area (Å²) >= 11 is 3.20. The molecule has 0 bridgehead atoms. The van der Waals surface area contributed by atoms with Crippen LogP contribution in [0.2, 0.25) is 0 Å². The van der Waals surface area contributed by atoms with Crippen molar-refractivity contribution in [3.8, 4) is 0 Å². The molecule has 0 spiro atoms. The fraction of sp³-hybridized carbons (Fsp3) is 0.467. The van der Waals surface area contributed by atoms with Crippen molar-refractivity contribution in [2.75, 3.05) is 6.54 Å². The van der Waals surface area contributed by atoms with Gasteiger partial charge in [-0.15, -0.1) is 0 Å². The van der Waals surface area contributed by atoms with Crippen molar-refractivity contribution in [3.63, 3.8) is 0 Å². The third kappa shape index (κ3) is 3.18. The Bertz CT molecular complexity index is 526. The first-order valence-corrected chi connectivity index (χ1v) is 7.44. The lowest BCUT2D eigenvalue weighted by molar-refractivity contribution is 0.351. The quantitative estimate of drug-likeness (QED) is 0.833. The zero-order valence-corrected chi connectivity index (χ0v) is 13.1. The molecule has 2 rings (SSSR count). The molecule has 2 nitrogen and oxygen atoms in total. The monoisotopic (exact) mass is 327 g/mol. The average molecular weight is 328 g/mol. The number of hydrogen-bond donors (Lipinski definition) is 1. The molecule has 1 atom stereocenters. The molecule has 0 saturated carbocycles. The van der Waals surface area contributed by atoms with Crippen LogP contribution in [-0.4, -0.2) is 6.54 Å². The van der Waals surface area contributed by atoms with Gasteiger partial charge in [-0.3, -0.25) is 0 Å². The van der Waals surface area contributed by atoms with E-state index in [4.69, 9.17) is 4.42 Å². The van der Waals surface area contributed by atoms with Crippen molar-refractivity contribution in [1.82, 2.24) is 5.32 Å². The molecule has 0 aliphatic carbocycles. The first-order chi connectivity index (χ1) is 9.02. The van der Waals surface area contributed by atoms with E-state index in [0.717, 1.165) is 24.1 Å². The van der Waals surface area contributed by atoms with Gasteiger partial charge in [-0.25, -0.2) is 4.39 Å². The predicted octanol–water partition coefficient (Wildman–Crippen LogP) is 5.03. The zero-order chi connectivity index (χ0) is 14.0. The molecule has 0 saturated heterocycles. The number of nitrogens with one attached hydrogen (secondary N) is 1. The molecule has 4 heteroatoms. The minimum absolute atomic E-state index is 0.161. The fourth-order valence-electron chi connectivity index (χ4n) is 2.17. The Morgan fingerprint density at radius 3 is 2.68 bits per heavy atom. The zero-order valence-electron chi connectivity index (χ0n) is 11.5. The van der Waals surface area contributed by atoms with Crippen molar-refractivity contribution >= 4 is 26.9 Å². The summed E-state index contributed by atoms with van der Waals surface area (Å²) < 4.78 is 19.8. The Morgan fingerprint density at radius 2 is 2.05 bits per heavy atom. The van der Waals surface area contributed by atoms with Gasteiger partial charge < -0.3 is 9.73 Å². The van der Waals surface area contributed by atoms with Crippen molar-refractivity contribution in [2.24, 2.45) is 5.92 Å². The Kier molecular flexibility index (Phi) is 4.63. The number of fused-ring (bicyclic) bond motifs is 1. The van der Waals surface area contributed by atoms with E-state index < -0.39 is 0 Å². The van der Waals surface area contributed by atoms with Gasteiger partial charge in [-0.1, -0.05) is 20.8 Å². The molecule has 2 aromatic rings. The normalized spacial score (nSPS) is 13.4. The number of hydrogen-bond acceptors (Lipinski definition) is 2. The van der Waals surface area contributed by atoms with E-state index in [1.165, 1.54) is 6.07 Å². The molecule has 0 amide bonds. The summed E-state index contributed by atoms with van der Waals surface area (Å²) in [6.45, 7) is 7.38. The van der Waals surface area contributed by atoms with Gasteiger partial charge in [0.15, 0.2) is 0 Å². The molecule has 0 fully saturated rings. The van der Waals surface area contributed by atoms with Crippen molar-refractivity contribution in [3.05, 3.63) is 34.2 Å². The SMILES string of the molecule is CCCNC(c1cc2cc(Br)c(F)cc2o1)C(C)C. The second-order valence-corrected chi connectivity index (χ2v) is 5.98. The third-order valence-electron chi connectivity index (χ3n) is 3.17. The molecular formula is C15H19BrFNO. The summed E-state index contributed by atoms with van der Waals surface area (Å²) in [6, 6.07) is 5.34. The largest absolute Gasteiger partial charge is 0.459 e. The Balaban J connectivity index is 2.37. The van der Waals surface area contributed by atoms with E-state index in [2.05, 4.69) is 42.0 Å². The molecule has 0 aliphatic heterocycles. The van der Waals surface area contributed by atoms with Crippen LogP contribution in [0.1, 0.15) is 39.0 Å². The lowest BCUT2D eigenvalue weighted by atomic mass is 10.0. The topological polar surface area (TPSA) is 25.2 Å². The van der Waals surface area contributed by atoms with Crippen LogP contribution in [0.5, 0.6) is 0 Å². The lowest BCUT2D eigenvalue weighted by Crippen LogP contribution is -2.25. The van der Waals surface area contributed by atoms with E-state index >= 15 is 0 Å². The van der Waals surface area contributed by atoms with E-state index in [1.54, 1.807) is 6.07 Å². The summed E-state index contributed by atoms with van der Waals surface area (Å²) in [4.78, 5) is 0. The molecule has 1 heterocycles. The summed E-state index contributed by atoms with van der Waals surface area (Å²) in [5, 5.41) is 4.40. The summed E-state index contributed by atoms with van der Waals surface area (Å²) in [6.07, 6.45) is 1.07. The van der Waals surface area contributed by atoms with Crippen LogP contribution < -0.4 is 5.32 Å². The third-order valence-corrected chi connectivity index (χ3v) is 3.77. The molecule has 1 unspecified atom stereocenters. The molecule has 1 N–H and O–H groups in total. The molecule has 1 aromatic heterocycles. The maximum absolute atomic E-state index is 13.5. The van der Waals surface area contributed by atoms with Gasteiger partial charge in [0.25, 0.3) is 0 Å². The highest BCUT2D eigenvalue weighted by atomic mass is 79.9. The maximum Gasteiger partial charge on any atom is 0.141 e. The molecule has 0 aliphatic rings. The van der Waals surface area contributed by atoms with E-state index in [-0.39, 0.29) is 11.9 Å². The van der Waals surface area contributed by atoms with Crippen LogP contribution in [0.15, 0.2) is 27.1 Å². The summed E-state index contributed by atoms with van der Waals surface area (Å²) in [5.41, 5.74) is 0.597. The first kappa shape index (κ1) is 14.5. The van der Waals surface area contributed by atoms with Crippen LogP contribution >= 0.6 is 15.9 Å². The molecule has 0 radical (unpaired) electrons. The minimum atomic E-state index is -0.295. The summed E-state index contributed by atoms with van der Waals surface area (Å²) in [7, 11) is 0. The van der Waals surface area contributed by atoms with Gasteiger partial charge in [0.2, 0.25) is 0 Å². The summed E-state index contributed by atoms with van der Waals surface area (Å²) in [5.74, 6) is 0.993. The smallest absolute Gasteiger partial charge is 0.141 e. The standard InChI is InChI=1S/C15H19BrFNO/c1-4-5-18-15(9(2)3)14-7-10-6-11(16)12(17)8-13(10)19-14/h6-9,15,18H,4-5H2,1-3H3. The van der Waals surface area contributed by atoms with Crippen LogP contribution in [-0.2, 0) is 0 Å². The second kappa shape index (κ2) is 6.06. The van der Waals surface area contributed by atoms with Crippen LogP contribution in [0.4, 0.5) is 4.39 Å². The lowest BCUT2D eigenvalue weighted by Gasteiger charge is -2.19. The van der Waals surface area contributed by atoms with Gasteiger partial charge in [0.05, 0.1) is 10.5 Å². The van der Waals surface area contributed by atoms with Gasteiger partial charge in [0, 0.05) is 11.5 Å². The van der Waals surface area contributed by atoms with E-state index in [9.17, 15) is 4.39 Å². The van der Waals surface area contributed by atoms with E-state index in [0.29, 0.717) is 16.0 Å². The molecule has 19 heavy (non-hydrogen) atoms. The fourth-order valence-corrected chi connectivity index (χ4v) is 2.53. The minimum Gasteiger partial charge on any atom is -0.459 e. The first-order valence-electron chi connectivity index (χ1n) is 6.64.